The number of tetrazole rings is 1. The number of aromatic nitrogens is 4. The highest BCUT2D eigenvalue weighted by molar-refractivity contribution is 5.58. The van der Waals surface area contributed by atoms with E-state index in [0.717, 1.165) is 37.8 Å². The number of ether oxygens (including phenoxy) is 1. The first kappa shape index (κ1) is 20.0. The molecule has 31 heavy (non-hydrogen) atoms. The fourth-order valence-electron chi connectivity index (χ4n) is 5.23. The maximum atomic E-state index is 5.60. The van der Waals surface area contributed by atoms with Crippen molar-refractivity contribution in [3.8, 4) is 5.75 Å². The van der Waals surface area contributed by atoms with E-state index in [4.69, 9.17) is 4.74 Å². The van der Waals surface area contributed by atoms with Crippen LogP contribution in [0.5, 0.6) is 5.75 Å². The molecule has 2 aliphatic rings. The van der Waals surface area contributed by atoms with Gasteiger partial charge in [0.25, 0.3) is 0 Å². The maximum Gasteiger partial charge on any atom is 0.214 e. The molecule has 7 heteroatoms. The van der Waals surface area contributed by atoms with Gasteiger partial charge in [-0.1, -0.05) is 55.3 Å². The van der Waals surface area contributed by atoms with Crippen LogP contribution in [0.25, 0.3) is 0 Å². The fourth-order valence-corrected chi connectivity index (χ4v) is 5.23. The largest absolute Gasteiger partial charge is 0.495 e. The molecule has 1 saturated carbocycles. The molecule has 0 spiro atoms. The lowest BCUT2D eigenvalue weighted by Gasteiger charge is -2.37. The van der Waals surface area contributed by atoms with Gasteiger partial charge in [0.15, 0.2) is 6.04 Å². The van der Waals surface area contributed by atoms with Gasteiger partial charge in [0.05, 0.1) is 45.0 Å². The molecule has 3 aromatic rings. The number of nitrogens with zero attached hydrogens (tertiary/aromatic N) is 5. The van der Waals surface area contributed by atoms with Crippen LogP contribution in [0, 0.1) is 0 Å². The van der Waals surface area contributed by atoms with Gasteiger partial charge >= 0.3 is 0 Å². The van der Waals surface area contributed by atoms with Crippen molar-refractivity contribution in [2.24, 2.45) is 0 Å². The van der Waals surface area contributed by atoms with Gasteiger partial charge in [0.1, 0.15) is 5.75 Å². The van der Waals surface area contributed by atoms with E-state index in [1.165, 1.54) is 41.8 Å². The normalized spacial score (nSPS) is 18.9. The summed E-state index contributed by atoms with van der Waals surface area (Å²) in [6.07, 6.45) is 4.89. The smallest absolute Gasteiger partial charge is 0.214 e. The van der Waals surface area contributed by atoms with Crippen LogP contribution >= 0.6 is 0 Å². The Morgan fingerprint density at radius 3 is 2.42 bits per heavy atom. The Morgan fingerprint density at radius 2 is 1.68 bits per heavy atom. The SMILES string of the molecule is COc1ccccc1N1CC[NH+]([C@H](c2ccccc2)c2nnnn2C2CCCC2)CC1. The van der Waals surface area contributed by atoms with E-state index >= 15 is 0 Å². The molecule has 0 bridgehead atoms. The van der Waals surface area contributed by atoms with E-state index in [0.29, 0.717) is 6.04 Å². The first-order valence-electron chi connectivity index (χ1n) is 11.4. The van der Waals surface area contributed by atoms with E-state index in [2.05, 4.69) is 67.6 Å². The third-order valence-corrected chi connectivity index (χ3v) is 6.82. The molecular formula is C24H31N6O+. The standard InChI is InChI=1S/C24H30N6O/c1-31-22-14-8-7-13-21(22)28-15-17-29(18-16-28)23(19-9-3-2-4-10-19)24-25-26-27-30(24)20-11-5-6-12-20/h2-4,7-10,13-14,20,23H,5-6,11-12,15-18H2,1H3/p+1/t23-/m1/s1. The maximum absolute atomic E-state index is 5.60. The second kappa shape index (κ2) is 9.06. The summed E-state index contributed by atoms with van der Waals surface area (Å²) in [6, 6.07) is 19.6. The molecule has 1 atom stereocenters. The lowest BCUT2D eigenvalue weighted by Crippen LogP contribution is -3.15. The molecule has 1 N–H and O–H groups in total. The number of hydrogen-bond donors (Lipinski definition) is 1. The van der Waals surface area contributed by atoms with Gasteiger partial charge in [-0.15, -0.1) is 5.10 Å². The first-order chi connectivity index (χ1) is 15.3. The summed E-state index contributed by atoms with van der Waals surface area (Å²) in [5, 5.41) is 13.1. The summed E-state index contributed by atoms with van der Waals surface area (Å²) in [5.41, 5.74) is 2.47. The number of hydrogen-bond acceptors (Lipinski definition) is 5. The highest BCUT2D eigenvalue weighted by Gasteiger charge is 2.36. The summed E-state index contributed by atoms with van der Waals surface area (Å²) < 4.78 is 7.72. The van der Waals surface area contributed by atoms with Gasteiger partial charge in [0, 0.05) is 5.56 Å². The topological polar surface area (TPSA) is 60.5 Å². The lowest BCUT2D eigenvalue weighted by atomic mass is 10.0. The van der Waals surface area contributed by atoms with Crippen LogP contribution in [0.15, 0.2) is 54.6 Å². The summed E-state index contributed by atoms with van der Waals surface area (Å²) in [6.45, 7) is 4.00. The Morgan fingerprint density at radius 1 is 0.968 bits per heavy atom. The summed E-state index contributed by atoms with van der Waals surface area (Å²) in [4.78, 5) is 3.95. The van der Waals surface area contributed by atoms with E-state index in [1.54, 1.807) is 7.11 Å². The van der Waals surface area contributed by atoms with Crippen LogP contribution < -0.4 is 14.5 Å². The second-order valence-corrected chi connectivity index (χ2v) is 8.58. The highest BCUT2D eigenvalue weighted by Crippen LogP contribution is 2.31. The van der Waals surface area contributed by atoms with Gasteiger partial charge in [-0.2, -0.15) is 0 Å². The minimum atomic E-state index is 0.150. The molecule has 1 aromatic heterocycles. The minimum Gasteiger partial charge on any atom is -0.495 e. The summed E-state index contributed by atoms with van der Waals surface area (Å²) >= 11 is 0. The van der Waals surface area contributed by atoms with Crippen LogP contribution in [0.2, 0.25) is 0 Å². The van der Waals surface area contributed by atoms with Crippen molar-refractivity contribution >= 4 is 5.69 Å². The van der Waals surface area contributed by atoms with Crippen LogP contribution in [0.1, 0.15) is 49.2 Å². The fraction of sp³-hybridized carbons (Fsp3) is 0.458. The second-order valence-electron chi connectivity index (χ2n) is 8.58. The van der Waals surface area contributed by atoms with E-state index in [9.17, 15) is 0 Å². The van der Waals surface area contributed by atoms with Gasteiger partial charge in [-0.3, -0.25) is 0 Å². The van der Waals surface area contributed by atoms with Gasteiger partial charge in [0.2, 0.25) is 5.82 Å². The number of methoxy groups -OCH3 is 1. The predicted molar refractivity (Wildman–Crippen MR) is 120 cm³/mol. The van der Waals surface area contributed by atoms with Crippen molar-refractivity contribution in [1.29, 1.82) is 0 Å². The van der Waals surface area contributed by atoms with Crippen molar-refractivity contribution in [1.82, 2.24) is 20.2 Å². The molecule has 1 saturated heterocycles. The minimum absolute atomic E-state index is 0.150. The van der Waals surface area contributed by atoms with Crippen LogP contribution in [-0.2, 0) is 0 Å². The number of benzene rings is 2. The molecule has 1 aliphatic carbocycles. The Kier molecular flexibility index (Phi) is 5.84. The monoisotopic (exact) mass is 419 g/mol. The Bertz CT molecular complexity index is 976. The number of para-hydroxylation sites is 2. The van der Waals surface area contributed by atoms with E-state index in [-0.39, 0.29) is 6.04 Å². The first-order valence-corrected chi connectivity index (χ1v) is 11.4. The third-order valence-electron chi connectivity index (χ3n) is 6.82. The Labute approximate surface area is 183 Å². The van der Waals surface area contributed by atoms with Crippen LogP contribution in [-0.4, -0.2) is 53.5 Å². The lowest BCUT2D eigenvalue weighted by molar-refractivity contribution is -0.927. The zero-order chi connectivity index (χ0) is 21.0. The molecule has 1 aliphatic heterocycles. The molecule has 162 valence electrons. The molecule has 0 radical (unpaired) electrons. The Hall–Kier alpha value is -2.93. The molecule has 2 fully saturated rings. The average molecular weight is 420 g/mol. The van der Waals surface area contributed by atoms with Crippen molar-refractivity contribution in [3.05, 3.63) is 66.0 Å². The van der Waals surface area contributed by atoms with Gasteiger partial charge in [-0.25, -0.2) is 4.68 Å². The zero-order valence-corrected chi connectivity index (χ0v) is 18.2. The number of nitrogens with one attached hydrogen (secondary N) is 1. The highest BCUT2D eigenvalue weighted by atomic mass is 16.5. The molecule has 2 aromatic carbocycles. The van der Waals surface area contributed by atoms with Gasteiger partial charge in [-0.05, 0) is 35.4 Å². The van der Waals surface area contributed by atoms with Crippen molar-refractivity contribution in [2.45, 2.75) is 37.8 Å². The molecule has 7 nitrogen and oxygen atoms in total. The van der Waals surface area contributed by atoms with Gasteiger partial charge < -0.3 is 14.5 Å². The molecule has 0 unspecified atom stereocenters. The zero-order valence-electron chi connectivity index (χ0n) is 18.2. The van der Waals surface area contributed by atoms with Crippen LogP contribution in [0.4, 0.5) is 5.69 Å². The molecule has 5 rings (SSSR count). The van der Waals surface area contributed by atoms with Crippen molar-refractivity contribution in [3.63, 3.8) is 0 Å². The van der Waals surface area contributed by atoms with Crippen molar-refractivity contribution < 1.29 is 9.64 Å². The van der Waals surface area contributed by atoms with E-state index < -0.39 is 0 Å². The summed E-state index contributed by atoms with van der Waals surface area (Å²) in [5.74, 6) is 1.95. The quantitative estimate of drug-likeness (QED) is 0.664. The predicted octanol–water partition coefficient (Wildman–Crippen LogP) is 2.29. The van der Waals surface area contributed by atoms with Crippen molar-refractivity contribution in [2.75, 3.05) is 38.2 Å². The number of anilines is 1. The number of quaternary nitrogens is 1. The van der Waals surface area contributed by atoms with Crippen LogP contribution in [0.3, 0.4) is 0 Å². The Balaban J connectivity index is 1.41. The molecular weight excluding hydrogens is 388 g/mol. The third kappa shape index (κ3) is 4.02. The van der Waals surface area contributed by atoms with E-state index in [1.807, 2.05) is 12.1 Å². The molecule has 0 amide bonds. The number of rotatable bonds is 6. The number of piperazine rings is 1. The average Bonchev–Trinajstić information content (AvgIpc) is 3.53. The molecule has 2 heterocycles. The summed E-state index contributed by atoms with van der Waals surface area (Å²) in [7, 11) is 1.74.